The Balaban J connectivity index is 0.000000360. The van der Waals surface area contributed by atoms with Crippen molar-refractivity contribution in [2.45, 2.75) is 26.2 Å². The van der Waals surface area contributed by atoms with Crippen molar-refractivity contribution in [1.82, 2.24) is 0 Å². The van der Waals surface area contributed by atoms with E-state index in [4.69, 9.17) is 10.2 Å². The number of hydrogen-bond acceptors (Lipinski definition) is 2. The minimum atomic E-state index is -1.31. The van der Waals surface area contributed by atoms with Crippen LogP contribution in [0.2, 0.25) is -0.490 Å². The zero-order valence-corrected chi connectivity index (χ0v) is 14.1. The molecule has 1 rings (SSSR count). The number of benzene rings is 1. The van der Waals surface area contributed by atoms with Gasteiger partial charge in [-0.2, -0.15) is 0 Å². The Bertz CT molecular complexity index is 370. The quantitative estimate of drug-likeness (QED) is 0.652. The van der Waals surface area contributed by atoms with Crippen LogP contribution in [0.1, 0.15) is 25.8 Å². The summed E-state index contributed by atoms with van der Waals surface area (Å²) in [4.78, 5) is 18.9. The Labute approximate surface area is 141 Å². The Morgan fingerprint density at radius 3 is 1.83 bits per heavy atom. The molecule has 18 heavy (non-hydrogen) atoms. The van der Waals surface area contributed by atoms with Gasteiger partial charge in [-0.05, 0) is 0 Å². The summed E-state index contributed by atoms with van der Waals surface area (Å²) in [6, 6.07) is 10.7. The Kier molecular flexibility index (Phi) is 8.72. The molecule has 5 heteroatoms. The summed E-state index contributed by atoms with van der Waals surface area (Å²) in [5, 5.41) is 15.4. The molecule has 0 fully saturated rings. The number of carbonyl (C=O) groups is 2. The predicted molar refractivity (Wildman–Crippen MR) is 69.8 cm³/mol. The molecule has 0 atom stereocenters. The van der Waals surface area contributed by atoms with E-state index in [2.05, 4.69) is 44.2 Å². The third-order valence-corrected chi connectivity index (χ3v) is 2.43. The third kappa shape index (κ3) is 12.3. The molecular formula is C13H17KO4. The maximum Gasteiger partial charge on any atom is 0.314 e. The maximum absolute atomic E-state index is 9.43. The molecule has 0 saturated heterocycles. The summed E-state index contributed by atoms with van der Waals surface area (Å²) in [5.41, 5.74) is 1.48. The third-order valence-electron chi connectivity index (χ3n) is 1.88. The molecule has 0 unspecified atom stereocenters. The molecule has 0 heterocycles. The number of carboxylic acid groups (broad SMARTS) is 2. The summed E-state index contributed by atoms with van der Waals surface area (Å²) >= 11 is 0.913. The second kappa shape index (κ2) is 8.82. The van der Waals surface area contributed by atoms with Crippen molar-refractivity contribution in [2.24, 2.45) is 0 Å². The van der Waals surface area contributed by atoms with Gasteiger partial charge in [0.05, 0.1) is 0 Å². The van der Waals surface area contributed by atoms with Crippen LogP contribution in [-0.2, 0) is 16.0 Å². The van der Waals surface area contributed by atoms with Crippen molar-refractivity contribution >= 4 is 60.9 Å². The van der Waals surface area contributed by atoms with E-state index in [9.17, 15) is 9.59 Å². The van der Waals surface area contributed by atoms with Crippen LogP contribution in [0.5, 0.6) is 0 Å². The van der Waals surface area contributed by atoms with Gasteiger partial charge < -0.3 is 10.2 Å². The van der Waals surface area contributed by atoms with Crippen LogP contribution in [0.3, 0.4) is 0 Å². The van der Waals surface area contributed by atoms with Crippen LogP contribution < -0.4 is 0 Å². The van der Waals surface area contributed by atoms with E-state index in [-0.39, 0.29) is 0 Å². The smallest absolute Gasteiger partial charge is 0.314 e. The molecule has 0 spiro atoms. The zero-order chi connectivity index (χ0) is 14.2. The van der Waals surface area contributed by atoms with Gasteiger partial charge >= 0.3 is 117 Å². The molecule has 0 saturated carbocycles. The van der Waals surface area contributed by atoms with Gasteiger partial charge in [0.2, 0.25) is 0 Å². The molecular weight excluding hydrogens is 259 g/mol. The van der Waals surface area contributed by atoms with Crippen molar-refractivity contribution in [3.63, 3.8) is 0 Å². The second-order valence-electron chi connectivity index (χ2n) is 5.19. The largest absolute Gasteiger partial charge is 0.481 e. The molecule has 0 bridgehead atoms. The fraction of sp³-hybridized carbons (Fsp3) is 0.385. The molecule has 4 nitrogen and oxygen atoms in total. The van der Waals surface area contributed by atoms with Gasteiger partial charge in [0.25, 0.3) is 0 Å². The van der Waals surface area contributed by atoms with Gasteiger partial charge in [-0.25, -0.2) is 0 Å². The van der Waals surface area contributed by atoms with Crippen LogP contribution in [-0.4, -0.2) is 71.1 Å². The first-order valence-electron chi connectivity index (χ1n) is 5.68. The Hall–Kier alpha value is -0.204. The molecule has 1 aromatic rings. The number of hydrogen-bond donors (Lipinski definition) is 2. The topological polar surface area (TPSA) is 74.6 Å². The van der Waals surface area contributed by atoms with Crippen LogP contribution >= 0.6 is 0 Å². The van der Waals surface area contributed by atoms with Crippen LogP contribution in [0.25, 0.3) is 0 Å². The van der Waals surface area contributed by atoms with E-state index < -0.39 is 18.4 Å². The monoisotopic (exact) mass is 276 g/mol. The van der Waals surface area contributed by atoms with Crippen LogP contribution in [0.4, 0.5) is 0 Å². The van der Waals surface area contributed by atoms with E-state index in [0.717, 1.165) is 49.0 Å². The van der Waals surface area contributed by atoms with Crippen molar-refractivity contribution in [2.75, 3.05) is 0 Å². The maximum atomic E-state index is 9.43. The molecule has 0 amide bonds. The van der Waals surface area contributed by atoms with Crippen molar-refractivity contribution in [3.05, 3.63) is 35.9 Å². The average Bonchev–Trinajstić information content (AvgIpc) is 2.14. The fourth-order valence-corrected chi connectivity index (χ4v) is 1.98. The SMILES string of the molecule is C[C](C)([K])Cc1ccccc1.O=C(O)CC(=O)O. The summed E-state index contributed by atoms with van der Waals surface area (Å²) in [6.07, 6.45) is 0.438. The normalized spacial score (nSPS) is 10.2. The predicted octanol–water partition coefficient (Wildman–Crippen LogP) is 2.14. The number of carboxylic acids is 2. The first-order chi connectivity index (χ1) is 8.20. The molecule has 2 N–H and O–H groups in total. The molecule has 0 aliphatic carbocycles. The second-order valence-corrected chi connectivity index (χ2v) is 9.41. The van der Waals surface area contributed by atoms with Crippen molar-refractivity contribution in [3.8, 4) is 0 Å². The summed E-state index contributed by atoms with van der Waals surface area (Å²) in [6.45, 7) is 4.69. The van der Waals surface area contributed by atoms with Gasteiger partial charge in [0.15, 0.2) is 0 Å². The molecule has 0 aliphatic heterocycles. The van der Waals surface area contributed by atoms with Crippen molar-refractivity contribution in [1.29, 1.82) is 0 Å². The minimum Gasteiger partial charge on any atom is -0.481 e. The van der Waals surface area contributed by atoms with Gasteiger partial charge in [-0.3, -0.25) is 9.59 Å². The minimum absolute atomic E-state index is 0.592. The molecule has 94 valence electrons. The molecule has 0 radical (unpaired) electrons. The zero-order valence-electron chi connectivity index (χ0n) is 11.0. The van der Waals surface area contributed by atoms with E-state index in [1.165, 1.54) is 12.0 Å². The average molecular weight is 276 g/mol. The first-order valence-corrected chi connectivity index (χ1v) is 7.24. The summed E-state index contributed by atoms with van der Waals surface area (Å²) < 4.78 is 0.592. The van der Waals surface area contributed by atoms with Gasteiger partial charge in [-0.1, -0.05) is 0 Å². The van der Waals surface area contributed by atoms with Gasteiger partial charge in [-0.15, -0.1) is 0 Å². The van der Waals surface area contributed by atoms with Gasteiger partial charge in [0, 0.05) is 0 Å². The number of rotatable bonds is 4. The van der Waals surface area contributed by atoms with E-state index in [1.54, 1.807) is 0 Å². The van der Waals surface area contributed by atoms with E-state index >= 15 is 0 Å². The molecule has 0 aromatic heterocycles. The summed E-state index contributed by atoms with van der Waals surface area (Å²) in [7, 11) is 0. The molecule has 1 aromatic carbocycles. The van der Waals surface area contributed by atoms with Crippen LogP contribution in [0.15, 0.2) is 30.3 Å². The van der Waals surface area contributed by atoms with Gasteiger partial charge in [0.1, 0.15) is 6.42 Å². The van der Waals surface area contributed by atoms with Crippen molar-refractivity contribution < 1.29 is 19.8 Å². The van der Waals surface area contributed by atoms with Crippen LogP contribution in [0, 0.1) is 0 Å². The Morgan fingerprint density at radius 1 is 1.11 bits per heavy atom. The first kappa shape index (κ1) is 17.8. The summed E-state index contributed by atoms with van der Waals surface area (Å²) in [5.74, 6) is -2.62. The van der Waals surface area contributed by atoms with E-state index in [0.29, 0.717) is -0.490 Å². The standard InChI is InChI=1S/C10H13.C3H4O4.K/c1-9(2)8-10-6-4-3-5-7-10;4-2(5)1-3(6)7;/h3-7H,8H2,1-2H3;1H2,(H,4,5)(H,6,7);. The number of aliphatic carboxylic acids is 2. The van der Waals surface area contributed by atoms with E-state index in [1.807, 2.05) is 0 Å². The Morgan fingerprint density at radius 2 is 1.56 bits per heavy atom. The molecule has 0 aliphatic rings. The fourth-order valence-electron chi connectivity index (χ4n) is 1.34.